The first-order valence-electron chi connectivity index (χ1n) is 4.86. The van der Waals surface area contributed by atoms with Crippen LogP contribution in [0.2, 0.25) is 5.02 Å². The maximum Gasteiger partial charge on any atom is 0.322 e. The fourth-order valence-electron chi connectivity index (χ4n) is 1.14. The summed E-state index contributed by atoms with van der Waals surface area (Å²) in [5.74, 6) is -1.04. The lowest BCUT2D eigenvalue weighted by Crippen LogP contribution is -2.33. The summed E-state index contributed by atoms with van der Waals surface area (Å²) in [6.45, 7) is 1.16. The van der Waals surface area contributed by atoms with E-state index in [1.807, 2.05) is 0 Å². The number of hydrogen-bond donors (Lipinski definition) is 2. The number of nitrogens with one attached hydrogen (secondary N) is 1. The largest absolute Gasteiger partial charge is 0.484 e. The molecule has 1 aromatic carbocycles. The Kier molecular flexibility index (Phi) is 4.78. The predicted molar refractivity (Wildman–Crippen MR) is 62.3 cm³/mol. The van der Waals surface area contributed by atoms with Crippen molar-refractivity contribution in [1.82, 2.24) is 5.32 Å². The van der Waals surface area contributed by atoms with E-state index in [1.54, 1.807) is 25.1 Å². The number of aryl methyl sites for hydroxylation is 1. The molecular weight excluding hydrogens is 246 g/mol. The highest BCUT2D eigenvalue weighted by atomic mass is 35.5. The average Bonchev–Trinajstić information content (AvgIpc) is 2.25. The summed E-state index contributed by atoms with van der Waals surface area (Å²) < 4.78 is 5.22. The van der Waals surface area contributed by atoms with E-state index in [2.05, 4.69) is 5.32 Å². The lowest BCUT2D eigenvalue weighted by Gasteiger charge is -2.08. The summed E-state index contributed by atoms with van der Waals surface area (Å²) in [6, 6.07) is 5.02. The van der Waals surface area contributed by atoms with Crippen molar-refractivity contribution < 1.29 is 19.4 Å². The first-order chi connectivity index (χ1) is 7.99. The van der Waals surface area contributed by atoms with Crippen LogP contribution in [-0.2, 0) is 9.59 Å². The Morgan fingerprint density at radius 1 is 1.47 bits per heavy atom. The second-order valence-electron chi connectivity index (χ2n) is 3.37. The van der Waals surface area contributed by atoms with E-state index in [-0.39, 0.29) is 6.61 Å². The molecule has 17 heavy (non-hydrogen) atoms. The number of carboxylic acid groups (broad SMARTS) is 1. The monoisotopic (exact) mass is 257 g/mol. The van der Waals surface area contributed by atoms with E-state index in [0.29, 0.717) is 10.8 Å². The van der Waals surface area contributed by atoms with Crippen molar-refractivity contribution in [3.63, 3.8) is 0 Å². The summed E-state index contributed by atoms with van der Waals surface area (Å²) in [5, 5.41) is 11.1. The second-order valence-corrected chi connectivity index (χ2v) is 3.81. The summed E-state index contributed by atoms with van der Waals surface area (Å²) >= 11 is 5.76. The maximum atomic E-state index is 11.2. The van der Waals surface area contributed by atoms with E-state index in [4.69, 9.17) is 21.4 Å². The van der Waals surface area contributed by atoms with E-state index >= 15 is 0 Å². The van der Waals surface area contributed by atoms with Crippen molar-refractivity contribution in [1.29, 1.82) is 0 Å². The van der Waals surface area contributed by atoms with Crippen molar-refractivity contribution in [2.45, 2.75) is 6.92 Å². The fraction of sp³-hybridized carbons (Fsp3) is 0.273. The summed E-state index contributed by atoms with van der Waals surface area (Å²) in [5.41, 5.74) is 0.809. The molecule has 2 N–H and O–H groups in total. The van der Waals surface area contributed by atoms with Crippen molar-refractivity contribution in [3.8, 4) is 5.75 Å². The molecule has 0 aliphatic carbocycles. The SMILES string of the molecule is Cc1cc(Cl)ccc1OCC(=O)NCC(=O)O. The number of hydrogen-bond acceptors (Lipinski definition) is 3. The number of benzene rings is 1. The fourth-order valence-corrected chi connectivity index (χ4v) is 1.37. The summed E-state index contributed by atoms with van der Waals surface area (Å²) in [6.07, 6.45) is 0. The van der Waals surface area contributed by atoms with Gasteiger partial charge < -0.3 is 15.2 Å². The van der Waals surface area contributed by atoms with Gasteiger partial charge in [-0.2, -0.15) is 0 Å². The molecular formula is C11H12ClNO4. The second kappa shape index (κ2) is 6.10. The molecule has 0 aliphatic heterocycles. The Hall–Kier alpha value is -1.75. The standard InChI is InChI=1S/C11H12ClNO4/c1-7-4-8(12)2-3-9(7)17-6-10(14)13-5-11(15)16/h2-4H,5-6H2,1H3,(H,13,14)(H,15,16). The zero-order valence-corrected chi connectivity index (χ0v) is 9.95. The van der Waals surface area contributed by atoms with Gasteiger partial charge in [0.25, 0.3) is 5.91 Å². The number of ether oxygens (including phenoxy) is 1. The molecule has 0 saturated carbocycles. The summed E-state index contributed by atoms with van der Waals surface area (Å²) in [4.78, 5) is 21.4. The molecule has 1 aromatic rings. The molecule has 5 nitrogen and oxygen atoms in total. The minimum Gasteiger partial charge on any atom is -0.484 e. The highest BCUT2D eigenvalue weighted by molar-refractivity contribution is 6.30. The van der Waals surface area contributed by atoms with Gasteiger partial charge >= 0.3 is 5.97 Å². The van der Waals surface area contributed by atoms with Crippen LogP contribution < -0.4 is 10.1 Å². The van der Waals surface area contributed by atoms with Crippen LogP contribution in [0.3, 0.4) is 0 Å². The van der Waals surface area contributed by atoms with E-state index < -0.39 is 18.4 Å². The van der Waals surface area contributed by atoms with Crippen LogP contribution in [0.4, 0.5) is 0 Å². The number of rotatable bonds is 5. The number of carboxylic acids is 1. The van der Waals surface area contributed by atoms with E-state index in [1.165, 1.54) is 0 Å². The first-order valence-corrected chi connectivity index (χ1v) is 5.24. The summed E-state index contributed by atoms with van der Waals surface area (Å²) in [7, 11) is 0. The van der Waals surface area contributed by atoms with Crippen LogP contribution in [0.5, 0.6) is 5.75 Å². The average molecular weight is 258 g/mol. The number of carbonyl (C=O) groups excluding carboxylic acids is 1. The molecule has 0 radical (unpaired) electrons. The Balaban J connectivity index is 2.44. The van der Waals surface area contributed by atoms with Crippen LogP contribution in [-0.4, -0.2) is 30.1 Å². The lowest BCUT2D eigenvalue weighted by molar-refractivity contribution is -0.138. The van der Waals surface area contributed by atoms with Gasteiger partial charge in [-0.3, -0.25) is 9.59 Å². The zero-order chi connectivity index (χ0) is 12.8. The Morgan fingerprint density at radius 3 is 2.76 bits per heavy atom. The van der Waals surface area contributed by atoms with Gasteiger partial charge in [0.15, 0.2) is 6.61 Å². The Labute approximate surface area is 103 Å². The Morgan fingerprint density at radius 2 is 2.18 bits per heavy atom. The highest BCUT2D eigenvalue weighted by Crippen LogP contribution is 2.21. The molecule has 0 unspecified atom stereocenters. The van der Waals surface area contributed by atoms with Crippen LogP contribution in [0.25, 0.3) is 0 Å². The van der Waals surface area contributed by atoms with Crippen molar-refractivity contribution in [2.75, 3.05) is 13.2 Å². The molecule has 0 aliphatic rings. The van der Waals surface area contributed by atoms with Crippen molar-refractivity contribution in [3.05, 3.63) is 28.8 Å². The van der Waals surface area contributed by atoms with Crippen molar-refractivity contribution >= 4 is 23.5 Å². The zero-order valence-electron chi connectivity index (χ0n) is 9.20. The van der Waals surface area contributed by atoms with Crippen LogP contribution >= 0.6 is 11.6 Å². The molecule has 0 spiro atoms. The number of aliphatic carboxylic acids is 1. The number of halogens is 1. The molecule has 1 amide bonds. The van der Waals surface area contributed by atoms with Gasteiger partial charge in [0, 0.05) is 5.02 Å². The van der Waals surface area contributed by atoms with Gasteiger partial charge in [0.2, 0.25) is 0 Å². The third-order valence-electron chi connectivity index (χ3n) is 1.93. The van der Waals surface area contributed by atoms with Crippen LogP contribution in [0, 0.1) is 6.92 Å². The minimum absolute atomic E-state index is 0.226. The molecule has 0 bridgehead atoms. The van der Waals surface area contributed by atoms with Crippen LogP contribution in [0.1, 0.15) is 5.56 Å². The topological polar surface area (TPSA) is 75.6 Å². The van der Waals surface area contributed by atoms with Gasteiger partial charge in [-0.25, -0.2) is 0 Å². The maximum absolute atomic E-state index is 11.2. The molecule has 0 saturated heterocycles. The van der Waals surface area contributed by atoms with Gasteiger partial charge in [-0.05, 0) is 30.7 Å². The minimum atomic E-state index is -1.10. The molecule has 1 rings (SSSR count). The van der Waals surface area contributed by atoms with Gasteiger partial charge in [0.1, 0.15) is 12.3 Å². The Bertz CT molecular complexity index is 433. The normalized spacial score (nSPS) is 9.76. The number of carbonyl (C=O) groups is 2. The predicted octanol–water partition coefficient (Wildman–Crippen LogP) is 1.23. The smallest absolute Gasteiger partial charge is 0.322 e. The third-order valence-corrected chi connectivity index (χ3v) is 2.17. The molecule has 0 heterocycles. The van der Waals surface area contributed by atoms with Gasteiger partial charge in [-0.15, -0.1) is 0 Å². The molecule has 6 heteroatoms. The molecule has 0 aromatic heterocycles. The van der Waals surface area contributed by atoms with E-state index in [9.17, 15) is 9.59 Å². The lowest BCUT2D eigenvalue weighted by atomic mass is 10.2. The highest BCUT2D eigenvalue weighted by Gasteiger charge is 2.06. The third kappa shape index (κ3) is 4.74. The number of amides is 1. The van der Waals surface area contributed by atoms with Crippen molar-refractivity contribution in [2.24, 2.45) is 0 Å². The molecule has 0 atom stereocenters. The molecule has 0 fully saturated rings. The first kappa shape index (κ1) is 13.3. The molecule has 92 valence electrons. The van der Waals surface area contributed by atoms with Gasteiger partial charge in [-0.1, -0.05) is 11.6 Å². The van der Waals surface area contributed by atoms with E-state index in [0.717, 1.165) is 5.56 Å². The quantitative estimate of drug-likeness (QED) is 0.832. The van der Waals surface area contributed by atoms with Crippen LogP contribution in [0.15, 0.2) is 18.2 Å². The van der Waals surface area contributed by atoms with Gasteiger partial charge in [0.05, 0.1) is 0 Å².